The van der Waals surface area contributed by atoms with Gasteiger partial charge in [-0.15, -0.1) is 0 Å². The average Bonchev–Trinajstić information content (AvgIpc) is 2.87. The van der Waals surface area contributed by atoms with E-state index in [2.05, 4.69) is 32.9 Å². The second-order valence-electron chi connectivity index (χ2n) is 6.71. The Labute approximate surface area is 170 Å². The lowest BCUT2D eigenvalue weighted by Gasteiger charge is -2.31. The minimum atomic E-state index is -3.70. The first-order valence-corrected chi connectivity index (χ1v) is 10.6. The van der Waals surface area contributed by atoms with Crippen molar-refractivity contribution in [2.75, 3.05) is 13.1 Å². The number of hydrogen-bond acceptors (Lipinski definition) is 5. The van der Waals surface area contributed by atoms with E-state index in [4.69, 9.17) is 21.5 Å². The third-order valence-corrected chi connectivity index (χ3v) is 6.75. The van der Waals surface area contributed by atoms with Crippen molar-refractivity contribution in [3.05, 3.63) is 46.2 Å². The molecule has 2 aromatic rings. The molecule has 0 fully saturated rings. The molecule has 1 aliphatic heterocycles. The summed E-state index contributed by atoms with van der Waals surface area (Å²) in [6, 6.07) is 8.17. The van der Waals surface area contributed by atoms with Gasteiger partial charge in [0.15, 0.2) is 0 Å². The van der Waals surface area contributed by atoms with Crippen LogP contribution in [0.15, 0.2) is 29.2 Å². The molecule has 0 saturated carbocycles. The lowest BCUT2D eigenvalue weighted by molar-refractivity contribution is -0.122. The van der Waals surface area contributed by atoms with E-state index in [0.29, 0.717) is 12.2 Å². The minimum Gasteiger partial charge on any atom is -0.483 e. The van der Waals surface area contributed by atoms with Crippen molar-refractivity contribution in [3.8, 4) is 0 Å². The van der Waals surface area contributed by atoms with Gasteiger partial charge in [0.2, 0.25) is 10.0 Å². The summed E-state index contributed by atoms with van der Waals surface area (Å²) < 4.78 is 29.4. The summed E-state index contributed by atoms with van der Waals surface area (Å²) in [5, 5.41) is 11.1. The molecule has 0 spiro atoms. The van der Waals surface area contributed by atoms with Crippen LogP contribution in [0.25, 0.3) is 0 Å². The molecule has 1 atom stereocenters. The number of carbonyl (C=O) groups is 1. The largest absolute Gasteiger partial charge is 0.483 e. The molecular formula is C18H25ClN4O4S. The number of benzene rings is 1. The first-order chi connectivity index (χ1) is 13.2. The monoisotopic (exact) mass is 428 g/mol. The summed E-state index contributed by atoms with van der Waals surface area (Å²) in [4.78, 5) is 10.7. The van der Waals surface area contributed by atoms with Crippen molar-refractivity contribution in [1.29, 1.82) is 0 Å². The number of aryl methyl sites for hydroxylation is 2. The third-order valence-electron chi connectivity index (χ3n) is 4.47. The van der Waals surface area contributed by atoms with Crippen LogP contribution in [-0.2, 0) is 34.8 Å². The minimum absolute atomic E-state index is 0.0625. The summed E-state index contributed by atoms with van der Waals surface area (Å²) in [6.07, 6.45) is 0.989. The standard InChI is InChI=1S/C17H23ClN4O2S.CH2O2/c1-12(10-22-9-8-14-6-4-5-7-15(14)11-22)20-25(23,24)16-13(2)19-21(3)17(16)18;2-1-3/h4-7,12,20H,8-11H2,1-3H3;1H,(H,2,3). The molecule has 1 aliphatic rings. The van der Waals surface area contributed by atoms with Gasteiger partial charge in [0, 0.05) is 32.7 Å². The van der Waals surface area contributed by atoms with Gasteiger partial charge in [0.1, 0.15) is 10.0 Å². The molecule has 3 rings (SSSR count). The van der Waals surface area contributed by atoms with Gasteiger partial charge in [0.05, 0.1) is 5.69 Å². The van der Waals surface area contributed by atoms with Crippen molar-refractivity contribution < 1.29 is 18.3 Å². The fraction of sp³-hybridized carbons (Fsp3) is 0.444. The van der Waals surface area contributed by atoms with Crippen LogP contribution in [-0.4, -0.2) is 53.8 Å². The van der Waals surface area contributed by atoms with Gasteiger partial charge in [-0.05, 0) is 31.4 Å². The Balaban J connectivity index is 0.000000878. The normalized spacial score (nSPS) is 15.3. The molecular weight excluding hydrogens is 404 g/mol. The summed E-state index contributed by atoms with van der Waals surface area (Å²) in [5.74, 6) is 0. The van der Waals surface area contributed by atoms with E-state index in [1.54, 1.807) is 14.0 Å². The zero-order chi connectivity index (χ0) is 20.9. The molecule has 8 nitrogen and oxygen atoms in total. The zero-order valence-corrected chi connectivity index (χ0v) is 17.7. The van der Waals surface area contributed by atoms with Crippen LogP contribution in [0.2, 0.25) is 5.15 Å². The van der Waals surface area contributed by atoms with Crippen LogP contribution in [0.5, 0.6) is 0 Å². The molecule has 28 heavy (non-hydrogen) atoms. The number of aromatic nitrogens is 2. The van der Waals surface area contributed by atoms with Crippen molar-refractivity contribution >= 4 is 28.1 Å². The molecule has 1 aromatic carbocycles. The van der Waals surface area contributed by atoms with Crippen molar-refractivity contribution in [1.82, 2.24) is 19.4 Å². The number of nitrogens with zero attached hydrogens (tertiary/aromatic N) is 3. The number of fused-ring (bicyclic) bond motifs is 1. The molecule has 2 heterocycles. The lowest BCUT2D eigenvalue weighted by atomic mass is 10.00. The molecule has 0 bridgehead atoms. The number of nitrogens with one attached hydrogen (secondary N) is 1. The van der Waals surface area contributed by atoms with E-state index >= 15 is 0 Å². The molecule has 0 amide bonds. The number of sulfonamides is 1. The maximum absolute atomic E-state index is 12.7. The number of halogens is 1. The van der Waals surface area contributed by atoms with Gasteiger partial charge in [-0.25, -0.2) is 13.1 Å². The number of hydrogen-bond donors (Lipinski definition) is 2. The van der Waals surface area contributed by atoms with Gasteiger partial charge in [-0.2, -0.15) is 5.10 Å². The maximum Gasteiger partial charge on any atom is 0.290 e. The second-order valence-corrected chi connectivity index (χ2v) is 8.72. The van der Waals surface area contributed by atoms with Gasteiger partial charge >= 0.3 is 0 Å². The van der Waals surface area contributed by atoms with E-state index < -0.39 is 10.0 Å². The highest BCUT2D eigenvalue weighted by molar-refractivity contribution is 7.89. The van der Waals surface area contributed by atoms with Crippen molar-refractivity contribution in [2.45, 2.75) is 37.8 Å². The van der Waals surface area contributed by atoms with E-state index in [9.17, 15) is 8.42 Å². The second kappa shape index (κ2) is 9.51. The number of carboxylic acid groups (broad SMARTS) is 1. The van der Waals surface area contributed by atoms with Gasteiger partial charge in [0.25, 0.3) is 6.47 Å². The van der Waals surface area contributed by atoms with Crippen LogP contribution in [0.1, 0.15) is 23.7 Å². The predicted molar refractivity (Wildman–Crippen MR) is 107 cm³/mol. The van der Waals surface area contributed by atoms with Gasteiger partial charge in [-0.1, -0.05) is 35.9 Å². The average molecular weight is 429 g/mol. The SMILES string of the molecule is Cc1nn(C)c(Cl)c1S(=O)(=O)NC(C)CN1CCc2ccccc2C1.O=CO. The summed E-state index contributed by atoms with van der Waals surface area (Å²) >= 11 is 6.10. The highest BCUT2D eigenvalue weighted by atomic mass is 35.5. The Morgan fingerprint density at radius 3 is 2.54 bits per heavy atom. The van der Waals surface area contributed by atoms with Crippen LogP contribution < -0.4 is 4.72 Å². The molecule has 1 aromatic heterocycles. The predicted octanol–water partition coefficient (Wildman–Crippen LogP) is 1.81. The van der Waals surface area contributed by atoms with Crippen molar-refractivity contribution in [2.24, 2.45) is 7.05 Å². The Hall–Kier alpha value is -1.94. The topological polar surface area (TPSA) is 105 Å². The molecule has 2 N–H and O–H groups in total. The molecule has 0 saturated heterocycles. The lowest BCUT2D eigenvalue weighted by Crippen LogP contribution is -2.43. The van der Waals surface area contributed by atoms with Gasteiger partial charge < -0.3 is 5.11 Å². The van der Waals surface area contributed by atoms with E-state index in [-0.39, 0.29) is 22.6 Å². The van der Waals surface area contributed by atoms with E-state index in [1.165, 1.54) is 15.8 Å². The maximum atomic E-state index is 12.7. The highest BCUT2D eigenvalue weighted by Gasteiger charge is 2.27. The fourth-order valence-corrected chi connectivity index (χ4v) is 5.36. The molecule has 10 heteroatoms. The molecule has 0 aliphatic carbocycles. The van der Waals surface area contributed by atoms with E-state index in [0.717, 1.165) is 19.5 Å². The number of rotatable bonds is 5. The molecule has 1 unspecified atom stereocenters. The summed E-state index contributed by atoms with van der Waals surface area (Å²) in [6.45, 7) is 5.68. The zero-order valence-electron chi connectivity index (χ0n) is 16.1. The fourth-order valence-electron chi connectivity index (χ4n) is 3.37. The van der Waals surface area contributed by atoms with Crippen molar-refractivity contribution in [3.63, 3.8) is 0 Å². The Kier molecular flexibility index (Phi) is 7.59. The summed E-state index contributed by atoms with van der Waals surface area (Å²) in [5.41, 5.74) is 3.10. The summed E-state index contributed by atoms with van der Waals surface area (Å²) in [7, 11) is -2.08. The van der Waals surface area contributed by atoms with E-state index in [1.807, 2.05) is 13.0 Å². The quantitative estimate of drug-likeness (QED) is 0.704. The first-order valence-electron chi connectivity index (χ1n) is 8.78. The Morgan fingerprint density at radius 1 is 1.36 bits per heavy atom. The van der Waals surface area contributed by atoms with Crippen LogP contribution in [0, 0.1) is 6.92 Å². The molecule has 0 radical (unpaired) electrons. The van der Waals surface area contributed by atoms with Crippen LogP contribution >= 0.6 is 11.6 Å². The Bertz CT molecular complexity index is 930. The van der Waals surface area contributed by atoms with Gasteiger partial charge in [-0.3, -0.25) is 14.4 Å². The van der Waals surface area contributed by atoms with Crippen LogP contribution in [0.3, 0.4) is 0 Å². The first kappa shape index (κ1) is 22.4. The third kappa shape index (κ3) is 5.32. The Morgan fingerprint density at radius 2 is 1.96 bits per heavy atom. The van der Waals surface area contributed by atoms with Crippen LogP contribution in [0.4, 0.5) is 0 Å². The smallest absolute Gasteiger partial charge is 0.290 e. The highest BCUT2D eigenvalue weighted by Crippen LogP contribution is 2.24. The molecule has 154 valence electrons.